The van der Waals surface area contributed by atoms with Gasteiger partial charge >= 0.3 is 12.3 Å². The number of nitrogens with one attached hydrogen (secondary N) is 3. The van der Waals surface area contributed by atoms with Crippen LogP contribution < -0.4 is 16.0 Å². The van der Waals surface area contributed by atoms with Crippen LogP contribution in [0, 0.1) is 64.5 Å². The third-order valence-electron chi connectivity index (χ3n) is 14.7. The fourth-order valence-electron chi connectivity index (χ4n) is 11.2. The van der Waals surface area contributed by atoms with Crippen molar-refractivity contribution in [3.8, 4) is 12.1 Å². The second-order valence-electron chi connectivity index (χ2n) is 20.9. The number of carbonyl (C=O) groups excluding carboxylic acids is 4. The number of amides is 4. The van der Waals surface area contributed by atoms with Crippen LogP contribution in [-0.4, -0.2) is 139 Å². The van der Waals surface area contributed by atoms with E-state index in [1.807, 2.05) is 0 Å². The first-order valence-electron chi connectivity index (χ1n) is 24.5. The standard InChI is InChI=1S/2C20H24FN3O2S.C11H17N3O3S.3CH4.ClH/c2*21-16-3-1-15(2-4-16)20(26)7-13-5-17(6-14(13)8-20)23-10-19(25)24-12-27-11-18(24)9-22;1-11(2,3)17-10(16)13-5-9(15)14-7-18-6-8(14)12-4;;;;/h2*1-4,13-14,17-18,23,26H,5-8,10-12H2;8H,5-7H2,1-3H3,(H,13,16);3*1H4;1H/t2*13-,14+,17?,18-,20?;8-;;;;/m110..../s1. The zero-order valence-electron chi connectivity index (χ0n) is 41.3. The van der Waals surface area contributed by atoms with Crippen LogP contribution in [0.15, 0.2) is 48.5 Å². The predicted octanol–water partition coefficient (Wildman–Crippen LogP) is 8.05. The molecule has 4 unspecified atom stereocenters. The van der Waals surface area contributed by atoms with E-state index in [0.717, 1.165) is 36.8 Å². The zero-order valence-corrected chi connectivity index (χ0v) is 44.6. The molecule has 0 radical (unpaired) electrons. The molecule has 3 saturated heterocycles. The van der Waals surface area contributed by atoms with Gasteiger partial charge in [-0.3, -0.25) is 24.1 Å². The Hall–Kier alpha value is -4.37. The van der Waals surface area contributed by atoms with Gasteiger partial charge in [-0.15, -0.1) is 47.7 Å². The van der Waals surface area contributed by atoms with E-state index in [9.17, 15) is 38.2 Å². The molecule has 4 saturated carbocycles. The maximum absolute atomic E-state index is 13.1. The lowest BCUT2D eigenvalue weighted by Gasteiger charge is -2.26. The Morgan fingerprint density at radius 3 is 1.38 bits per heavy atom. The van der Waals surface area contributed by atoms with Crippen LogP contribution in [0.3, 0.4) is 0 Å². The third kappa shape index (κ3) is 16.8. The van der Waals surface area contributed by atoms with Gasteiger partial charge < -0.3 is 40.7 Å². The quantitative estimate of drug-likeness (QED) is 0.142. The third-order valence-corrected chi connectivity index (χ3v) is 17.8. The highest BCUT2D eigenvalue weighted by atomic mass is 35.5. The number of rotatable bonds is 10. The summed E-state index contributed by atoms with van der Waals surface area (Å²) in [7, 11) is 0. The number of hydrogen-bond donors (Lipinski definition) is 5. The van der Waals surface area contributed by atoms with Crippen molar-refractivity contribution in [1.29, 1.82) is 10.5 Å². The molecule has 4 amide bonds. The molecule has 9 rings (SSSR count). The van der Waals surface area contributed by atoms with Crippen molar-refractivity contribution in [2.24, 2.45) is 23.7 Å². The summed E-state index contributed by atoms with van der Waals surface area (Å²) in [5.74, 6) is 4.53. The zero-order chi connectivity index (χ0) is 51.8. The van der Waals surface area contributed by atoms with E-state index in [4.69, 9.17) is 21.8 Å². The van der Waals surface area contributed by atoms with Gasteiger partial charge in [0.15, 0.2) is 0 Å². The molecular weight excluding hydrogens is 1060 g/mol. The van der Waals surface area contributed by atoms with E-state index in [2.05, 4.69) is 32.9 Å². The van der Waals surface area contributed by atoms with Crippen LogP contribution in [0.25, 0.3) is 4.85 Å². The van der Waals surface area contributed by atoms with E-state index < -0.39 is 29.1 Å². The van der Waals surface area contributed by atoms with Crippen LogP contribution >= 0.6 is 47.7 Å². The van der Waals surface area contributed by atoms with Crippen LogP contribution in [0.5, 0.6) is 0 Å². The lowest BCUT2D eigenvalue weighted by Crippen LogP contribution is -2.43. The molecule has 22 heteroatoms. The number of fused-ring (bicyclic) bond motifs is 2. The minimum absolute atomic E-state index is 0. The monoisotopic (exact) mass is 1130 g/mol. The maximum Gasteiger partial charge on any atom is 0.408 e. The van der Waals surface area contributed by atoms with Gasteiger partial charge in [-0.1, -0.05) is 46.5 Å². The number of carbonyl (C=O) groups is 4. The van der Waals surface area contributed by atoms with E-state index in [1.54, 1.807) is 78.4 Å². The molecule has 16 nitrogen and oxygen atoms in total. The molecule has 11 atom stereocenters. The number of ether oxygens (including phenoxy) is 1. The van der Waals surface area contributed by atoms with Gasteiger partial charge in [0.25, 0.3) is 0 Å². The molecule has 420 valence electrons. The van der Waals surface area contributed by atoms with Crippen molar-refractivity contribution < 1.29 is 42.9 Å². The Balaban J connectivity index is 0.000000299. The Morgan fingerprint density at radius 2 is 1.03 bits per heavy atom. The summed E-state index contributed by atoms with van der Waals surface area (Å²) in [5, 5.41) is 49.4. The van der Waals surface area contributed by atoms with Gasteiger partial charge in [-0.25, -0.2) is 20.1 Å². The number of nitriles is 2. The highest BCUT2D eigenvalue weighted by molar-refractivity contribution is 8.00. The average molecular weight is 1130 g/mol. The van der Waals surface area contributed by atoms with Crippen molar-refractivity contribution in [2.45, 2.75) is 142 Å². The predicted molar refractivity (Wildman–Crippen MR) is 298 cm³/mol. The first-order valence-corrected chi connectivity index (χ1v) is 27.9. The van der Waals surface area contributed by atoms with Crippen molar-refractivity contribution in [2.75, 3.05) is 54.5 Å². The van der Waals surface area contributed by atoms with Crippen LogP contribution in [0.2, 0.25) is 0 Å². The smallest absolute Gasteiger partial charge is 0.408 e. The maximum atomic E-state index is 13.1. The van der Waals surface area contributed by atoms with Crippen molar-refractivity contribution >= 4 is 71.5 Å². The molecule has 5 N–H and O–H groups in total. The molecule has 3 heterocycles. The van der Waals surface area contributed by atoms with Crippen molar-refractivity contribution in [1.82, 2.24) is 30.7 Å². The fraction of sp³-hybridized carbons (Fsp3) is 0.648. The molecule has 3 aliphatic heterocycles. The van der Waals surface area contributed by atoms with Gasteiger partial charge in [-0.05, 0) is 131 Å². The summed E-state index contributed by atoms with van der Waals surface area (Å²) in [6.45, 7) is 12.6. The van der Waals surface area contributed by atoms with E-state index in [0.29, 0.717) is 84.2 Å². The first-order chi connectivity index (χ1) is 34.3. The summed E-state index contributed by atoms with van der Waals surface area (Å²) in [6, 6.07) is 16.7. The molecule has 0 bridgehead atoms. The second kappa shape index (κ2) is 29.0. The summed E-state index contributed by atoms with van der Waals surface area (Å²) in [6.07, 6.45) is 5.49. The van der Waals surface area contributed by atoms with Gasteiger partial charge in [0.05, 0.1) is 59.8 Å². The lowest BCUT2D eigenvalue weighted by molar-refractivity contribution is -0.130. The van der Waals surface area contributed by atoms with Gasteiger partial charge in [0.1, 0.15) is 35.9 Å². The van der Waals surface area contributed by atoms with Crippen molar-refractivity contribution in [3.05, 3.63) is 82.7 Å². The SMILES string of the molecule is C.C.C.Cl.N#C[C@@H]1CSCN1C(=O)CNC1C[C@@H]2CC(O)(c3ccc(F)cc3)C[C@@H]2C1.N#C[C@@H]1CSCN1C(=O)CNC1C[C@@H]2CC(O)(c3ccc(F)cc3)C[C@@H]2C1.[C-]#[N+][C@@H]1CSCN1C(=O)CNC(=O)OC(C)(C)C. The number of benzene rings is 2. The summed E-state index contributed by atoms with van der Waals surface area (Å²) in [5.41, 5.74) is -0.720. The highest BCUT2D eigenvalue weighted by Gasteiger charge is 2.51. The van der Waals surface area contributed by atoms with Crippen LogP contribution in [0.4, 0.5) is 13.6 Å². The summed E-state index contributed by atoms with van der Waals surface area (Å²) < 4.78 is 31.3. The molecule has 0 spiro atoms. The fourth-order valence-corrected chi connectivity index (χ4v) is 14.5. The number of aliphatic hydroxyl groups is 2. The largest absolute Gasteiger partial charge is 0.444 e. The lowest BCUT2D eigenvalue weighted by atomic mass is 9.89. The Bertz CT molecular complexity index is 2230. The second-order valence-corrected chi connectivity index (χ2v) is 23.9. The molecular formula is C54H78ClF2N9O7S3. The number of alkyl carbamates (subject to hydrolysis) is 1. The molecule has 0 aromatic heterocycles. The van der Waals surface area contributed by atoms with Crippen LogP contribution in [0.1, 0.15) is 106 Å². The van der Waals surface area contributed by atoms with E-state index in [1.165, 1.54) is 40.9 Å². The average Bonchev–Trinajstić information content (AvgIpc) is 4.22. The number of thioether (sulfide) groups is 3. The normalized spacial score (nSPS) is 29.6. The topological polar surface area (TPSA) is 216 Å². The molecule has 4 aliphatic carbocycles. The molecule has 7 fully saturated rings. The molecule has 2 aromatic rings. The van der Waals surface area contributed by atoms with E-state index in [-0.39, 0.29) is 108 Å². The Labute approximate surface area is 467 Å². The summed E-state index contributed by atoms with van der Waals surface area (Å²) in [4.78, 5) is 56.0. The van der Waals surface area contributed by atoms with Gasteiger partial charge in [0, 0.05) is 23.6 Å². The number of hydrogen-bond acceptors (Lipinski definition) is 14. The highest BCUT2D eigenvalue weighted by Crippen LogP contribution is 2.54. The summed E-state index contributed by atoms with van der Waals surface area (Å²) >= 11 is 4.77. The Morgan fingerprint density at radius 1 is 0.671 bits per heavy atom. The minimum atomic E-state index is -0.864. The van der Waals surface area contributed by atoms with Crippen molar-refractivity contribution in [3.63, 3.8) is 0 Å². The van der Waals surface area contributed by atoms with E-state index >= 15 is 0 Å². The first kappa shape index (κ1) is 65.9. The minimum Gasteiger partial charge on any atom is -0.444 e. The van der Waals surface area contributed by atoms with Crippen LogP contribution in [-0.2, 0) is 30.3 Å². The van der Waals surface area contributed by atoms with Gasteiger partial charge in [0.2, 0.25) is 17.7 Å². The number of nitrogens with zero attached hydrogens (tertiary/aromatic N) is 6. The number of halogens is 3. The molecule has 2 aromatic carbocycles. The molecule has 7 aliphatic rings. The van der Waals surface area contributed by atoms with Gasteiger partial charge in [-0.2, -0.15) is 10.5 Å². The Kier molecular flexibility index (Phi) is 25.2. The molecule has 76 heavy (non-hydrogen) atoms.